The van der Waals surface area contributed by atoms with E-state index < -0.39 is 10.0 Å². The number of anilines is 1. The fourth-order valence-electron chi connectivity index (χ4n) is 2.27. The molecular weight excluding hydrogens is 372 g/mol. The Morgan fingerprint density at radius 2 is 1.77 bits per heavy atom. The predicted octanol–water partition coefficient (Wildman–Crippen LogP) is 4.23. The Bertz CT molecular complexity index is 878. The van der Waals surface area contributed by atoms with Gasteiger partial charge in [-0.05, 0) is 61.2 Å². The van der Waals surface area contributed by atoms with Crippen molar-refractivity contribution in [3.05, 3.63) is 58.6 Å². The number of carbonyl (C=O) groups is 1. The molecule has 0 bridgehead atoms. The van der Waals surface area contributed by atoms with Gasteiger partial charge in [-0.1, -0.05) is 31.5 Å². The van der Waals surface area contributed by atoms with E-state index in [4.69, 9.17) is 11.6 Å². The Labute approximate surface area is 159 Å². The van der Waals surface area contributed by atoms with Crippen molar-refractivity contribution in [3.8, 4) is 0 Å². The average Bonchev–Trinajstić information content (AvgIpc) is 2.57. The molecule has 0 fully saturated rings. The molecule has 1 amide bonds. The smallest absolute Gasteiger partial charge is 0.255 e. The Kier molecular flexibility index (Phi) is 6.81. The first-order chi connectivity index (χ1) is 12.2. The van der Waals surface area contributed by atoms with Gasteiger partial charge in [-0.25, -0.2) is 13.1 Å². The van der Waals surface area contributed by atoms with Gasteiger partial charge in [0.2, 0.25) is 10.0 Å². The van der Waals surface area contributed by atoms with E-state index in [2.05, 4.69) is 10.0 Å². The predicted molar refractivity (Wildman–Crippen MR) is 105 cm³/mol. The topological polar surface area (TPSA) is 75.3 Å². The Balaban J connectivity index is 2.08. The lowest BCUT2D eigenvalue weighted by molar-refractivity contribution is 0.102. The number of rotatable bonds is 7. The van der Waals surface area contributed by atoms with Crippen LogP contribution in [0.5, 0.6) is 0 Å². The van der Waals surface area contributed by atoms with Crippen LogP contribution in [0.25, 0.3) is 0 Å². The van der Waals surface area contributed by atoms with Crippen molar-refractivity contribution in [2.45, 2.75) is 32.1 Å². The molecule has 0 aliphatic heterocycles. The maximum Gasteiger partial charge on any atom is 0.255 e. The van der Waals surface area contributed by atoms with Gasteiger partial charge < -0.3 is 5.32 Å². The molecule has 0 heterocycles. The molecule has 0 unspecified atom stereocenters. The largest absolute Gasteiger partial charge is 0.322 e. The summed E-state index contributed by atoms with van der Waals surface area (Å²) in [5.74, 6) is 0.0887. The van der Waals surface area contributed by atoms with Gasteiger partial charge >= 0.3 is 0 Å². The number of benzene rings is 2. The standard InChI is InChI=1S/C19H23ClN2O3S/c1-13(2)10-11-21-26(24,25)17-8-5-15(6-9-17)19(23)22-18-12-16(20)7-4-14(18)3/h4-9,12-13,21H,10-11H2,1-3H3,(H,22,23). The maximum absolute atomic E-state index is 12.4. The molecule has 0 saturated heterocycles. The second-order valence-electron chi connectivity index (χ2n) is 6.52. The van der Waals surface area contributed by atoms with Crippen LogP contribution >= 0.6 is 11.6 Å². The molecular formula is C19H23ClN2O3S. The molecule has 2 N–H and O–H groups in total. The van der Waals surface area contributed by atoms with E-state index in [0.29, 0.717) is 28.7 Å². The van der Waals surface area contributed by atoms with E-state index in [1.807, 2.05) is 26.8 Å². The van der Waals surface area contributed by atoms with Crippen LogP contribution in [-0.4, -0.2) is 20.9 Å². The van der Waals surface area contributed by atoms with Crippen LogP contribution in [0, 0.1) is 12.8 Å². The average molecular weight is 395 g/mol. The fraction of sp³-hybridized carbons (Fsp3) is 0.316. The van der Waals surface area contributed by atoms with Crippen LogP contribution in [0.2, 0.25) is 5.02 Å². The van der Waals surface area contributed by atoms with Gasteiger partial charge in [0.25, 0.3) is 5.91 Å². The molecule has 0 atom stereocenters. The third-order valence-electron chi connectivity index (χ3n) is 3.89. The lowest BCUT2D eigenvalue weighted by Gasteiger charge is -2.10. The number of hydrogen-bond acceptors (Lipinski definition) is 3. The minimum Gasteiger partial charge on any atom is -0.322 e. The number of sulfonamides is 1. The van der Waals surface area contributed by atoms with E-state index in [-0.39, 0.29) is 10.8 Å². The maximum atomic E-state index is 12.4. The summed E-state index contributed by atoms with van der Waals surface area (Å²) in [5.41, 5.74) is 1.87. The van der Waals surface area contributed by atoms with Crippen molar-refractivity contribution in [2.75, 3.05) is 11.9 Å². The minimum absolute atomic E-state index is 0.136. The van der Waals surface area contributed by atoms with Gasteiger partial charge in [0.15, 0.2) is 0 Å². The van der Waals surface area contributed by atoms with Crippen molar-refractivity contribution in [2.24, 2.45) is 5.92 Å². The summed E-state index contributed by atoms with van der Waals surface area (Å²) in [5, 5.41) is 3.31. The van der Waals surface area contributed by atoms with Crippen molar-refractivity contribution in [3.63, 3.8) is 0 Å². The summed E-state index contributed by atoms with van der Waals surface area (Å²) in [4.78, 5) is 12.5. The zero-order valence-corrected chi connectivity index (χ0v) is 16.6. The summed E-state index contributed by atoms with van der Waals surface area (Å²) in [6, 6.07) is 11.1. The second-order valence-corrected chi connectivity index (χ2v) is 8.72. The highest BCUT2D eigenvalue weighted by atomic mass is 35.5. The van der Waals surface area contributed by atoms with Crippen molar-refractivity contribution < 1.29 is 13.2 Å². The molecule has 0 radical (unpaired) electrons. The van der Waals surface area contributed by atoms with Crippen molar-refractivity contribution in [1.82, 2.24) is 4.72 Å². The number of amides is 1. The molecule has 0 saturated carbocycles. The molecule has 0 spiro atoms. The zero-order valence-electron chi connectivity index (χ0n) is 15.0. The van der Waals surface area contributed by atoms with Gasteiger partial charge in [-0.15, -0.1) is 0 Å². The van der Waals surface area contributed by atoms with Crippen LogP contribution in [0.1, 0.15) is 36.2 Å². The lowest BCUT2D eigenvalue weighted by Crippen LogP contribution is -2.25. The molecule has 7 heteroatoms. The minimum atomic E-state index is -3.57. The molecule has 2 rings (SSSR count). The van der Waals surface area contributed by atoms with E-state index in [1.54, 1.807) is 12.1 Å². The van der Waals surface area contributed by atoms with E-state index in [1.165, 1.54) is 24.3 Å². The number of aryl methyl sites for hydroxylation is 1. The summed E-state index contributed by atoms with van der Waals surface area (Å²) >= 11 is 5.95. The molecule has 26 heavy (non-hydrogen) atoms. The van der Waals surface area contributed by atoms with Gasteiger partial charge in [0.05, 0.1) is 4.90 Å². The van der Waals surface area contributed by atoms with Gasteiger partial charge in [0.1, 0.15) is 0 Å². The van der Waals surface area contributed by atoms with Crippen LogP contribution < -0.4 is 10.0 Å². The molecule has 2 aromatic carbocycles. The van der Waals surface area contributed by atoms with Crippen LogP contribution in [0.3, 0.4) is 0 Å². The lowest BCUT2D eigenvalue weighted by atomic mass is 10.1. The normalized spacial score (nSPS) is 11.6. The van der Waals surface area contributed by atoms with E-state index in [9.17, 15) is 13.2 Å². The summed E-state index contributed by atoms with van der Waals surface area (Å²) in [6.07, 6.45) is 0.763. The SMILES string of the molecule is Cc1ccc(Cl)cc1NC(=O)c1ccc(S(=O)(=O)NCCC(C)C)cc1. The van der Waals surface area contributed by atoms with Crippen LogP contribution in [0.15, 0.2) is 47.4 Å². The third-order valence-corrected chi connectivity index (χ3v) is 5.60. The van der Waals surface area contributed by atoms with E-state index in [0.717, 1.165) is 12.0 Å². The highest BCUT2D eigenvalue weighted by Crippen LogP contribution is 2.21. The molecule has 0 aliphatic carbocycles. The zero-order chi connectivity index (χ0) is 19.3. The van der Waals surface area contributed by atoms with Gasteiger partial charge in [0, 0.05) is 22.8 Å². The molecule has 0 aliphatic rings. The van der Waals surface area contributed by atoms with E-state index >= 15 is 0 Å². The summed E-state index contributed by atoms with van der Waals surface area (Å²) < 4.78 is 27.0. The first-order valence-corrected chi connectivity index (χ1v) is 10.2. The molecule has 0 aromatic heterocycles. The molecule has 2 aromatic rings. The Morgan fingerprint density at radius 1 is 1.12 bits per heavy atom. The quantitative estimate of drug-likeness (QED) is 0.738. The first kappa shape index (κ1) is 20.4. The summed E-state index contributed by atoms with van der Waals surface area (Å²) in [7, 11) is -3.57. The number of carbonyl (C=O) groups excluding carboxylic acids is 1. The number of hydrogen-bond donors (Lipinski definition) is 2. The van der Waals surface area contributed by atoms with Crippen LogP contribution in [-0.2, 0) is 10.0 Å². The molecule has 140 valence electrons. The third kappa shape index (κ3) is 5.56. The van der Waals surface area contributed by atoms with Crippen molar-refractivity contribution in [1.29, 1.82) is 0 Å². The Morgan fingerprint density at radius 3 is 2.38 bits per heavy atom. The molecule has 5 nitrogen and oxygen atoms in total. The van der Waals surface area contributed by atoms with Crippen LogP contribution in [0.4, 0.5) is 5.69 Å². The second kappa shape index (κ2) is 8.66. The number of halogens is 1. The number of nitrogens with one attached hydrogen (secondary N) is 2. The fourth-order valence-corrected chi connectivity index (χ4v) is 3.49. The first-order valence-electron chi connectivity index (χ1n) is 8.36. The highest BCUT2D eigenvalue weighted by molar-refractivity contribution is 7.89. The Hall–Kier alpha value is -1.89. The van der Waals surface area contributed by atoms with Gasteiger partial charge in [-0.2, -0.15) is 0 Å². The van der Waals surface area contributed by atoms with Gasteiger partial charge in [-0.3, -0.25) is 4.79 Å². The van der Waals surface area contributed by atoms with Crippen molar-refractivity contribution >= 4 is 33.2 Å². The monoisotopic (exact) mass is 394 g/mol. The highest BCUT2D eigenvalue weighted by Gasteiger charge is 2.15. The summed E-state index contributed by atoms with van der Waals surface area (Å²) in [6.45, 7) is 6.31.